The Bertz CT molecular complexity index is 684. The lowest BCUT2D eigenvalue weighted by atomic mass is 9.80. The number of tetrazole rings is 1. The van der Waals surface area contributed by atoms with Crippen LogP contribution in [-0.4, -0.2) is 32.2 Å². The molecule has 0 spiro atoms. The van der Waals surface area contributed by atoms with E-state index in [0.29, 0.717) is 37.2 Å². The molecule has 1 N–H and O–H groups in total. The van der Waals surface area contributed by atoms with Crippen LogP contribution in [0.1, 0.15) is 46.0 Å². The van der Waals surface area contributed by atoms with Crippen molar-refractivity contribution < 1.29 is 4.79 Å². The molecule has 0 saturated heterocycles. The SMILES string of the molecule is CC1CCC(NC(=O)CCCn2nnc(-c3ccccc3)n2)C(C)C1. The lowest BCUT2D eigenvalue weighted by Crippen LogP contribution is -2.42. The molecule has 0 radical (unpaired) electrons. The van der Waals surface area contributed by atoms with Crippen molar-refractivity contribution in [2.45, 2.75) is 58.5 Å². The number of aryl methyl sites for hydroxylation is 1. The first-order chi connectivity index (χ1) is 12.1. The fraction of sp³-hybridized carbons (Fsp3) is 0.579. The Balaban J connectivity index is 1.42. The molecule has 134 valence electrons. The molecule has 3 atom stereocenters. The van der Waals surface area contributed by atoms with E-state index in [1.54, 1.807) is 4.80 Å². The number of amides is 1. The number of carbonyl (C=O) groups excluding carboxylic acids is 1. The minimum atomic E-state index is 0.134. The van der Waals surface area contributed by atoms with E-state index in [0.717, 1.165) is 17.9 Å². The maximum atomic E-state index is 12.2. The van der Waals surface area contributed by atoms with Gasteiger partial charge in [-0.15, -0.1) is 10.2 Å². The third-order valence-corrected chi connectivity index (χ3v) is 5.02. The van der Waals surface area contributed by atoms with E-state index in [1.807, 2.05) is 30.3 Å². The zero-order valence-corrected chi connectivity index (χ0v) is 15.1. The average molecular weight is 341 g/mol. The predicted molar refractivity (Wildman–Crippen MR) is 96.6 cm³/mol. The van der Waals surface area contributed by atoms with E-state index in [1.165, 1.54) is 12.8 Å². The van der Waals surface area contributed by atoms with Crippen LogP contribution in [0.3, 0.4) is 0 Å². The van der Waals surface area contributed by atoms with Gasteiger partial charge in [0.25, 0.3) is 0 Å². The summed E-state index contributed by atoms with van der Waals surface area (Å²) < 4.78 is 0. The first-order valence-electron chi connectivity index (χ1n) is 9.24. The first-order valence-corrected chi connectivity index (χ1v) is 9.24. The highest BCUT2D eigenvalue weighted by Gasteiger charge is 2.26. The van der Waals surface area contributed by atoms with Crippen molar-refractivity contribution in [2.24, 2.45) is 11.8 Å². The zero-order valence-electron chi connectivity index (χ0n) is 15.1. The number of hydrogen-bond acceptors (Lipinski definition) is 4. The summed E-state index contributed by atoms with van der Waals surface area (Å²) in [6.07, 6.45) is 4.73. The molecule has 1 amide bonds. The van der Waals surface area contributed by atoms with Crippen LogP contribution >= 0.6 is 0 Å². The van der Waals surface area contributed by atoms with Gasteiger partial charge >= 0.3 is 0 Å². The van der Waals surface area contributed by atoms with Crippen LogP contribution in [0.4, 0.5) is 0 Å². The van der Waals surface area contributed by atoms with Crippen LogP contribution in [0.15, 0.2) is 30.3 Å². The van der Waals surface area contributed by atoms with E-state index in [-0.39, 0.29) is 5.91 Å². The highest BCUT2D eigenvalue weighted by Crippen LogP contribution is 2.28. The van der Waals surface area contributed by atoms with E-state index >= 15 is 0 Å². The van der Waals surface area contributed by atoms with Crippen molar-refractivity contribution in [3.63, 3.8) is 0 Å². The number of rotatable bonds is 6. The summed E-state index contributed by atoms with van der Waals surface area (Å²) in [5.41, 5.74) is 0.951. The molecule has 3 unspecified atom stereocenters. The zero-order chi connectivity index (χ0) is 17.6. The monoisotopic (exact) mass is 341 g/mol. The molecule has 0 bridgehead atoms. The standard InChI is InChI=1S/C19H27N5O/c1-14-10-11-17(15(2)13-14)20-18(25)9-6-12-24-22-19(21-23-24)16-7-4-3-5-8-16/h3-5,7-8,14-15,17H,6,9-13H2,1-2H3,(H,20,25). The number of hydrogen-bond donors (Lipinski definition) is 1. The Hall–Kier alpha value is -2.24. The van der Waals surface area contributed by atoms with Crippen LogP contribution in [-0.2, 0) is 11.3 Å². The molecule has 1 heterocycles. The molecule has 1 saturated carbocycles. The molecular formula is C19H27N5O. The number of aromatic nitrogens is 4. The molecule has 6 nitrogen and oxygen atoms in total. The fourth-order valence-electron chi connectivity index (χ4n) is 3.58. The van der Waals surface area contributed by atoms with Crippen molar-refractivity contribution in [1.82, 2.24) is 25.5 Å². The number of benzene rings is 1. The van der Waals surface area contributed by atoms with Crippen LogP contribution in [0.25, 0.3) is 11.4 Å². The molecule has 0 aliphatic heterocycles. The first kappa shape index (κ1) is 17.6. The molecule has 1 aromatic heterocycles. The van der Waals surface area contributed by atoms with Gasteiger partial charge in [-0.2, -0.15) is 4.80 Å². The van der Waals surface area contributed by atoms with E-state index < -0.39 is 0 Å². The van der Waals surface area contributed by atoms with Gasteiger partial charge in [-0.1, -0.05) is 44.2 Å². The number of nitrogens with zero attached hydrogens (tertiary/aromatic N) is 4. The average Bonchev–Trinajstić information content (AvgIpc) is 3.07. The molecule has 1 aliphatic rings. The molecule has 1 aromatic carbocycles. The van der Waals surface area contributed by atoms with Gasteiger partial charge in [-0.25, -0.2) is 0 Å². The van der Waals surface area contributed by atoms with Gasteiger partial charge in [0.1, 0.15) is 0 Å². The molecule has 1 fully saturated rings. The molecule has 3 rings (SSSR count). The summed E-state index contributed by atoms with van der Waals surface area (Å²) in [7, 11) is 0. The lowest BCUT2D eigenvalue weighted by molar-refractivity contribution is -0.122. The van der Waals surface area contributed by atoms with Crippen LogP contribution in [0.5, 0.6) is 0 Å². The van der Waals surface area contributed by atoms with Gasteiger partial charge in [0.15, 0.2) is 0 Å². The second-order valence-corrected chi connectivity index (χ2v) is 7.25. The third-order valence-electron chi connectivity index (χ3n) is 5.02. The summed E-state index contributed by atoms with van der Waals surface area (Å²) in [5.74, 6) is 2.10. The molecule has 25 heavy (non-hydrogen) atoms. The fourth-order valence-corrected chi connectivity index (χ4v) is 3.58. The Labute approximate surface area is 149 Å². The van der Waals surface area contributed by atoms with Crippen LogP contribution in [0.2, 0.25) is 0 Å². The van der Waals surface area contributed by atoms with E-state index in [9.17, 15) is 4.79 Å². The smallest absolute Gasteiger partial charge is 0.220 e. The van der Waals surface area contributed by atoms with Gasteiger partial charge in [-0.3, -0.25) is 4.79 Å². The van der Waals surface area contributed by atoms with Crippen molar-refractivity contribution in [3.05, 3.63) is 30.3 Å². The maximum Gasteiger partial charge on any atom is 0.220 e. The second kappa shape index (κ2) is 8.23. The number of nitrogens with one attached hydrogen (secondary N) is 1. The van der Waals surface area contributed by atoms with E-state index in [4.69, 9.17) is 0 Å². The normalized spacial score (nSPS) is 23.4. The summed E-state index contributed by atoms with van der Waals surface area (Å²) in [6, 6.07) is 10.1. The highest BCUT2D eigenvalue weighted by molar-refractivity contribution is 5.76. The minimum absolute atomic E-state index is 0.134. The van der Waals surface area contributed by atoms with Crippen molar-refractivity contribution in [1.29, 1.82) is 0 Å². The Morgan fingerprint density at radius 2 is 2.04 bits per heavy atom. The predicted octanol–water partition coefficient (Wildman–Crippen LogP) is 3.06. The van der Waals surface area contributed by atoms with Gasteiger partial charge < -0.3 is 5.32 Å². The third kappa shape index (κ3) is 4.87. The maximum absolute atomic E-state index is 12.2. The quantitative estimate of drug-likeness (QED) is 0.876. The Morgan fingerprint density at radius 1 is 1.24 bits per heavy atom. The highest BCUT2D eigenvalue weighted by atomic mass is 16.1. The molecule has 2 aromatic rings. The van der Waals surface area contributed by atoms with Gasteiger partial charge in [0.05, 0.1) is 6.54 Å². The summed E-state index contributed by atoms with van der Waals surface area (Å²) in [4.78, 5) is 13.7. The second-order valence-electron chi connectivity index (χ2n) is 7.25. The van der Waals surface area contributed by atoms with Gasteiger partial charge in [0.2, 0.25) is 11.7 Å². The van der Waals surface area contributed by atoms with Crippen molar-refractivity contribution >= 4 is 5.91 Å². The van der Waals surface area contributed by atoms with Gasteiger partial charge in [-0.05, 0) is 42.7 Å². The molecule has 6 heteroatoms. The molecular weight excluding hydrogens is 314 g/mol. The van der Waals surface area contributed by atoms with Gasteiger partial charge in [0, 0.05) is 18.0 Å². The summed E-state index contributed by atoms with van der Waals surface area (Å²) in [6.45, 7) is 5.14. The Morgan fingerprint density at radius 3 is 2.80 bits per heavy atom. The van der Waals surface area contributed by atoms with Crippen LogP contribution in [0, 0.1) is 11.8 Å². The topological polar surface area (TPSA) is 72.7 Å². The summed E-state index contributed by atoms with van der Waals surface area (Å²) in [5, 5.41) is 15.7. The van der Waals surface area contributed by atoms with Crippen molar-refractivity contribution in [2.75, 3.05) is 0 Å². The number of carbonyl (C=O) groups is 1. The van der Waals surface area contributed by atoms with Crippen molar-refractivity contribution in [3.8, 4) is 11.4 Å². The van der Waals surface area contributed by atoms with E-state index in [2.05, 4.69) is 34.6 Å². The lowest BCUT2D eigenvalue weighted by Gasteiger charge is -2.33. The Kier molecular flexibility index (Phi) is 5.79. The minimum Gasteiger partial charge on any atom is -0.353 e. The molecule has 1 aliphatic carbocycles. The van der Waals surface area contributed by atoms with Crippen LogP contribution < -0.4 is 5.32 Å². The summed E-state index contributed by atoms with van der Waals surface area (Å²) >= 11 is 0. The largest absolute Gasteiger partial charge is 0.353 e.